The van der Waals surface area contributed by atoms with Crippen molar-refractivity contribution in [2.24, 2.45) is 5.10 Å². The van der Waals surface area contributed by atoms with Gasteiger partial charge in [-0.05, 0) is 24.6 Å². The number of esters is 1. The zero-order chi connectivity index (χ0) is 21.0. The molecule has 29 heavy (non-hydrogen) atoms. The highest BCUT2D eigenvalue weighted by molar-refractivity contribution is 6.24. The number of aromatic amines is 1. The lowest BCUT2D eigenvalue weighted by Gasteiger charge is -2.16. The SMILES string of the molecule is CCOC1=NNC(=O)/C1=C\c1[nH]c2ccccc2c1CC(NC(C)=O)C(=O)OC. The third-order valence-electron chi connectivity index (χ3n) is 4.42. The van der Waals surface area contributed by atoms with Crippen molar-refractivity contribution in [3.05, 3.63) is 41.1 Å². The summed E-state index contributed by atoms with van der Waals surface area (Å²) in [5.41, 5.74) is 4.86. The summed E-state index contributed by atoms with van der Waals surface area (Å²) in [6, 6.07) is 6.67. The van der Waals surface area contributed by atoms with Crippen LogP contribution in [0, 0.1) is 0 Å². The van der Waals surface area contributed by atoms with Crippen LogP contribution in [-0.2, 0) is 30.3 Å². The van der Waals surface area contributed by atoms with E-state index in [1.165, 1.54) is 14.0 Å². The number of H-pyrrole nitrogens is 1. The Balaban J connectivity index is 2.08. The van der Waals surface area contributed by atoms with Gasteiger partial charge in [0.15, 0.2) is 0 Å². The summed E-state index contributed by atoms with van der Waals surface area (Å²) in [6.07, 6.45) is 1.81. The first kappa shape index (κ1) is 20.1. The standard InChI is InChI=1S/C20H22N4O5/c1-4-29-19-14(18(26)23-24-19)10-16-13(12-7-5-6-8-15(12)22-16)9-17(20(27)28-3)21-11(2)25/h5-8,10,17,22H,4,9H2,1-3H3,(H,21,25)(H,23,26)/b14-10+. The summed E-state index contributed by atoms with van der Waals surface area (Å²) in [5, 5.41) is 7.38. The number of ether oxygens (including phenoxy) is 2. The summed E-state index contributed by atoms with van der Waals surface area (Å²) in [4.78, 5) is 39.2. The van der Waals surface area contributed by atoms with Gasteiger partial charge in [0.2, 0.25) is 11.8 Å². The Bertz CT molecular complexity index is 1020. The molecule has 0 saturated heterocycles. The summed E-state index contributed by atoms with van der Waals surface area (Å²) in [7, 11) is 1.27. The van der Waals surface area contributed by atoms with Crippen LogP contribution in [0.15, 0.2) is 34.9 Å². The molecule has 2 aromatic rings. The van der Waals surface area contributed by atoms with E-state index in [1.807, 2.05) is 24.3 Å². The van der Waals surface area contributed by atoms with Gasteiger partial charge in [0, 0.05) is 29.9 Å². The Kier molecular flexibility index (Phi) is 5.96. The monoisotopic (exact) mass is 398 g/mol. The minimum absolute atomic E-state index is 0.179. The zero-order valence-corrected chi connectivity index (χ0v) is 16.4. The largest absolute Gasteiger partial charge is 0.476 e. The molecule has 2 amide bonds. The Morgan fingerprint density at radius 2 is 2.07 bits per heavy atom. The van der Waals surface area contributed by atoms with Gasteiger partial charge in [-0.2, -0.15) is 0 Å². The molecule has 3 N–H and O–H groups in total. The molecule has 1 aromatic carbocycles. The first-order chi connectivity index (χ1) is 13.9. The maximum atomic E-state index is 12.2. The molecule has 1 aromatic heterocycles. The second-order valence-corrected chi connectivity index (χ2v) is 6.39. The molecular formula is C20H22N4O5. The zero-order valence-electron chi connectivity index (χ0n) is 16.4. The van der Waals surface area contributed by atoms with E-state index in [0.29, 0.717) is 12.3 Å². The minimum atomic E-state index is -0.869. The lowest BCUT2D eigenvalue weighted by Crippen LogP contribution is -2.42. The van der Waals surface area contributed by atoms with Gasteiger partial charge < -0.3 is 19.8 Å². The average molecular weight is 398 g/mol. The molecule has 3 rings (SSSR count). The van der Waals surface area contributed by atoms with Crippen molar-refractivity contribution in [3.8, 4) is 0 Å². The first-order valence-corrected chi connectivity index (χ1v) is 9.12. The second kappa shape index (κ2) is 8.59. The predicted molar refractivity (Wildman–Crippen MR) is 107 cm³/mol. The number of amides is 2. The van der Waals surface area contributed by atoms with Crippen LogP contribution in [-0.4, -0.2) is 48.4 Å². The summed E-state index contributed by atoms with van der Waals surface area (Å²) in [5.74, 6) is -1.08. The number of aromatic nitrogens is 1. The lowest BCUT2D eigenvalue weighted by atomic mass is 10.0. The lowest BCUT2D eigenvalue weighted by molar-refractivity contribution is -0.144. The first-order valence-electron chi connectivity index (χ1n) is 9.12. The summed E-state index contributed by atoms with van der Waals surface area (Å²) in [6.45, 7) is 3.49. The van der Waals surface area contributed by atoms with E-state index in [0.717, 1.165) is 16.5 Å². The normalized spacial score (nSPS) is 15.8. The van der Waals surface area contributed by atoms with E-state index in [4.69, 9.17) is 9.47 Å². The van der Waals surface area contributed by atoms with E-state index in [2.05, 4.69) is 20.8 Å². The molecule has 1 aliphatic heterocycles. The van der Waals surface area contributed by atoms with E-state index in [-0.39, 0.29) is 29.7 Å². The number of rotatable bonds is 6. The Hall–Kier alpha value is -3.62. The number of carbonyl (C=O) groups excluding carboxylic acids is 3. The average Bonchev–Trinajstić information content (AvgIpc) is 3.22. The number of carbonyl (C=O) groups is 3. The van der Waals surface area contributed by atoms with Gasteiger partial charge in [0.05, 0.1) is 13.7 Å². The highest BCUT2D eigenvalue weighted by Crippen LogP contribution is 2.27. The Morgan fingerprint density at radius 3 is 2.76 bits per heavy atom. The Morgan fingerprint density at radius 1 is 1.31 bits per heavy atom. The number of nitrogens with one attached hydrogen (secondary N) is 3. The molecule has 0 aliphatic carbocycles. The maximum Gasteiger partial charge on any atom is 0.328 e. The molecule has 0 saturated carbocycles. The highest BCUT2D eigenvalue weighted by atomic mass is 16.5. The van der Waals surface area contributed by atoms with Crippen LogP contribution in [0.5, 0.6) is 0 Å². The molecule has 0 bridgehead atoms. The molecule has 0 radical (unpaired) electrons. The van der Waals surface area contributed by atoms with Crippen LogP contribution in [0.4, 0.5) is 0 Å². The molecule has 152 valence electrons. The highest BCUT2D eigenvalue weighted by Gasteiger charge is 2.27. The number of hydrogen-bond acceptors (Lipinski definition) is 6. The molecule has 1 atom stereocenters. The van der Waals surface area contributed by atoms with Crippen molar-refractivity contribution >= 4 is 40.7 Å². The Labute approximate surface area is 167 Å². The molecule has 0 spiro atoms. The van der Waals surface area contributed by atoms with Gasteiger partial charge in [0.25, 0.3) is 5.91 Å². The third-order valence-corrected chi connectivity index (χ3v) is 4.42. The maximum absolute atomic E-state index is 12.2. The number of nitrogens with zero attached hydrogens (tertiary/aromatic N) is 1. The van der Waals surface area contributed by atoms with Gasteiger partial charge in [-0.1, -0.05) is 18.2 Å². The van der Waals surface area contributed by atoms with Crippen LogP contribution < -0.4 is 10.7 Å². The second-order valence-electron chi connectivity index (χ2n) is 6.39. The van der Waals surface area contributed by atoms with Crippen LogP contribution in [0.3, 0.4) is 0 Å². The van der Waals surface area contributed by atoms with E-state index < -0.39 is 12.0 Å². The quantitative estimate of drug-likeness (QED) is 0.499. The van der Waals surface area contributed by atoms with Gasteiger partial charge in [-0.15, -0.1) is 5.10 Å². The van der Waals surface area contributed by atoms with Crippen molar-refractivity contribution in [1.82, 2.24) is 15.7 Å². The number of methoxy groups -OCH3 is 1. The van der Waals surface area contributed by atoms with Crippen molar-refractivity contribution < 1.29 is 23.9 Å². The van der Waals surface area contributed by atoms with Gasteiger partial charge in [0.1, 0.15) is 11.6 Å². The van der Waals surface area contributed by atoms with E-state index in [1.54, 1.807) is 13.0 Å². The van der Waals surface area contributed by atoms with E-state index in [9.17, 15) is 14.4 Å². The van der Waals surface area contributed by atoms with Crippen LogP contribution >= 0.6 is 0 Å². The number of hydrogen-bond donors (Lipinski definition) is 3. The molecular weight excluding hydrogens is 376 g/mol. The van der Waals surface area contributed by atoms with Crippen LogP contribution in [0.1, 0.15) is 25.1 Å². The van der Waals surface area contributed by atoms with Crippen molar-refractivity contribution in [1.29, 1.82) is 0 Å². The number of fused-ring (bicyclic) bond motifs is 1. The fourth-order valence-electron chi connectivity index (χ4n) is 3.19. The van der Waals surface area contributed by atoms with Crippen molar-refractivity contribution in [2.45, 2.75) is 26.3 Å². The van der Waals surface area contributed by atoms with Gasteiger partial charge in [-0.3, -0.25) is 9.59 Å². The fraction of sp³-hybridized carbons (Fsp3) is 0.300. The molecule has 2 heterocycles. The van der Waals surface area contributed by atoms with Crippen molar-refractivity contribution in [2.75, 3.05) is 13.7 Å². The third kappa shape index (κ3) is 4.29. The smallest absolute Gasteiger partial charge is 0.328 e. The van der Waals surface area contributed by atoms with Crippen LogP contribution in [0.25, 0.3) is 17.0 Å². The molecule has 1 unspecified atom stereocenters. The number of benzene rings is 1. The van der Waals surface area contributed by atoms with Crippen molar-refractivity contribution in [3.63, 3.8) is 0 Å². The topological polar surface area (TPSA) is 122 Å². The minimum Gasteiger partial charge on any atom is -0.476 e. The summed E-state index contributed by atoms with van der Waals surface area (Å²) < 4.78 is 10.2. The van der Waals surface area contributed by atoms with Crippen LogP contribution in [0.2, 0.25) is 0 Å². The van der Waals surface area contributed by atoms with E-state index >= 15 is 0 Å². The molecule has 9 nitrogen and oxygen atoms in total. The van der Waals surface area contributed by atoms with Gasteiger partial charge in [-0.25, -0.2) is 10.2 Å². The predicted octanol–water partition coefficient (Wildman–Crippen LogP) is 1.25. The molecule has 0 fully saturated rings. The number of para-hydroxylation sites is 1. The summed E-state index contributed by atoms with van der Waals surface area (Å²) >= 11 is 0. The number of hydrazone groups is 1. The fourth-order valence-corrected chi connectivity index (χ4v) is 3.19. The van der Waals surface area contributed by atoms with Gasteiger partial charge >= 0.3 is 5.97 Å². The molecule has 1 aliphatic rings. The molecule has 9 heteroatoms.